The molecule has 0 radical (unpaired) electrons. The smallest absolute Gasteiger partial charge is 0.326 e. The predicted molar refractivity (Wildman–Crippen MR) is 78.2 cm³/mol. The molecule has 0 amide bonds. The fourth-order valence-electron chi connectivity index (χ4n) is 2.42. The average Bonchev–Trinajstić information content (AvgIpc) is 2.36. The van der Waals surface area contributed by atoms with Crippen molar-refractivity contribution in [3.05, 3.63) is 0 Å². The molecule has 1 saturated carbocycles. The number of nitrogens with zero attached hydrogens (tertiary/aromatic N) is 1. The van der Waals surface area contributed by atoms with Crippen LogP contribution in [0.5, 0.6) is 0 Å². The maximum Gasteiger partial charge on any atom is 0.326 e. The zero-order valence-electron chi connectivity index (χ0n) is 13.0. The Labute approximate surface area is 117 Å². The SMILES string of the molecule is CCOC(=O)C(C)(CCN(CC)CC1CCC1)NC. The topological polar surface area (TPSA) is 41.6 Å². The van der Waals surface area contributed by atoms with Gasteiger partial charge in [0.15, 0.2) is 0 Å². The molecule has 0 heterocycles. The second kappa shape index (κ2) is 7.85. The molecule has 1 aliphatic carbocycles. The Morgan fingerprint density at radius 1 is 1.42 bits per heavy atom. The number of esters is 1. The van der Waals surface area contributed by atoms with Crippen LogP contribution >= 0.6 is 0 Å². The molecular formula is C15H30N2O2. The van der Waals surface area contributed by atoms with Gasteiger partial charge in [0.25, 0.3) is 0 Å². The van der Waals surface area contributed by atoms with Gasteiger partial charge >= 0.3 is 5.97 Å². The summed E-state index contributed by atoms with van der Waals surface area (Å²) in [6, 6.07) is 0. The zero-order valence-corrected chi connectivity index (χ0v) is 13.0. The van der Waals surface area contributed by atoms with E-state index in [9.17, 15) is 4.79 Å². The summed E-state index contributed by atoms with van der Waals surface area (Å²) in [5.74, 6) is 0.737. The van der Waals surface area contributed by atoms with Crippen molar-refractivity contribution in [3.8, 4) is 0 Å². The molecular weight excluding hydrogens is 240 g/mol. The molecule has 0 aromatic carbocycles. The second-order valence-corrected chi connectivity index (χ2v) is 5.74. The summed E-state index contributed by atoms with van der Waals surface area (Å²) in [6.07, 6.45) is 4.93. The van der Waals surface area contributed by atoms with Crippen molar-refractivity contribution in [2.45, 2.75) is 52.0 Å². The average molecular weight is 270 g/mol. The van der Waals surface area contributed by atoms with E-state index in [1.54, 1.807) is 0 Å². The first-order valence-electron chi connectivity index (χ1n) is 7.64. The van der Waals surface area contributed by atoms with Gasteiger partial charge in [0.2, 0.25) is 0 Å². The number of ether oxygens (including phenoxy) is 1. The van der Waals surface area contributed by atoms with Crippen LogP contribution < -0.4 is 5.32 Å². The van der Waals surface area contributed by atoms with Crippen LogP contribution in [0.4, 0.5) is 0 Å². The van der Waals surface area contributed by atoms with E-state index in [-0.39, 0.29) is 5.97 Å². The molecule has 0 spiro atoms. The van der Waals surface area contributed by atoms with Crippen LogP contribution in [0.2, 0.25) is 0 Å². The molecule has 1 N–H and O–H groups in total. The van der Waals surface area contributed by atoms with Crippen LogP contribution in [0.3, 0.4) is 0 Å². The zero-order chi connectivity index (χ0) is 14.3. The molecule has 1 rings (SSSR count). The molecule has 1 atom stereocenters. The monoisotopic (exact) mass is 270 g/mol. The number of hydrogen-bond acceptors (Lipinski definition) is 4. The van der Waals surface area contributed by atoms with Crippen molar-refractivity contribution < 1.29 is 9.53 Å². The van der Waals surface area contributed by atoms with Crippen LogP contribution in [0, 0.1) is 5.92 Å². The van der Waals surface area contributed by atoms with E-state index in [0.717, 1.165) is 25.4 Å². The van der Waals surface area contributed by atoms with Gasteiger partial charge in [0, 0.05) is 13.1 Å². The highest BCUT2D eigenvalue weighted by atomic mass is 16.5. The standard InChI is InChI=1S/C15H30N2O2/c1-5-17(12-13-8-7-9-13)11-10-15(3,16-4)14(18)19-6-2/h13,16H,5-12H2,1-4H3. The third-order valence-electron chi connectivity index (χ3n) is 4.39. The molecule has 0 saturated heterocycles. The maximum absolute atomic E-state index is 12.0. The number of carbonyl (C=O) groups excluding carboxylic acids is 1. The van der Waals surface area contributed by atoms with Gasteiger partial charge < -0.3 is 15.0 Å². The summed E-state index contributed by atoms with van der Waals surface area (Å²) in [4.78, 5) is 14.4. The molecule has 0 aromatic heterocycles. The lowest BCUT2D eigenvalue weighted by Gasteiger charge is -2.34. The molecule has 112 valence electrons. The number of rotatable bonds is 9. The normalized spacial score (nSPS) is 19.0. The lowest BCUT2D eigenvalue weighted by Crippen LogP contribution is -2.51. The van der Waals surface area contributed by atoms with Crippen LogP contribution in [0.15, 0.2) is 0 Å². The van der Waals surface area contributed by atoms with Gasteiger partial charge in [-0.1, -0.05) is 13.3 Å². The third-order valence-corrected chi connectivity index (χ3v) is 4.39. The van der Waals surface area contributed by atoms with E-state index in [4.69, 9.17) is 4.74 Å². The molecule has 1 aliphatic rings. The molecule has 19 heavy (non-hydrogen) atoms. The molecule has 0 aromatic rings. The van der Waals surface area contributed by atoms with Gasteiger partial charge in [-0.3, -0.25) is 4.79 Å². The Morgan fingerprint density at radius 2 is 2.11 bits per heavy atom. The summed E-state index contributed by atoms with van der Waals surface area (Å²) < 4.78 is 5.16. The van der Waals surface area contributed by atoms with Crippen molar-refractivity contribution in [1.82, 2.24) is 10.2 Å². The van der Waals surface area contributed by atoms with E-state index in [1.807, 2.05) is 20.9 Å². The summed E-state index contributed by atoms with van der Waals surface area (Å²) in [5, 5.41) is 3.12. The highest BCUT2D eigenvalue weighted by Gasteiger charge is 2.33. The van der Waals surface area contributed by atoms with Crippen molar-refractivity contribution in [3.63, 3.8) is 0 Å². The van der Waals surface area contributed by atoms with Crippen molar-refractivity contribution in [2.75, 3.05) is 33.3 Å². The number of carbonyl (C=O) groups is 1. The summed E-state index contributed by atoms with van der Waals surface area (Å²) >= 11 is 0. The minimum Gasteiger partial charge on any atom is -0.465 e. The van der Waals surface area contributed by atoms with Gasteiger partial charge in [0.1, 0.15) is 5.54 Å². The minimum atomic E-state index is -0.566. The minimum absolute atomic E-state index is 0.141. The maximum atomic E-state index is 12.0. The quantitative estimate of drug-likeness (QED) is 0.651. The number of nitrogens with one attached hydrogen (secondary N) is 1. The first kappa shape index (κ1) is 16.4. The highest BCUT2D eigenvalue weighted by molar-refractivity contribution is 5.80. The third kappa shape index (κ3) is 4.77. The number of hydrogen-bond donors (Lipinski definition) is 1. The van der Waals surface area contributed by atoms with Crippen molar-refractivity contribution in [2.24, 2.45) is 5.92 Å². The Morgan fingerprint density at radius 3 is 2.53 bits per heavy atom. The molecule has 1 fully saturated rings. The van der Waals surface area contributed by atoms with Gasteiger partial charge in [-0.2, -0.15) is 0 Å². The fraction of sp³-hybridized carbons (Fsp3) is 0.933. The molecule has 1 unspecified atom stereocenters. The molecule has 0 bridgehead atoms. The van der Waals surface area contributed by atoms with E-state index < -0.39 is 5.54 Å². The second-order valence-electron chi connectivity index (χ2n) is 5.74. The summed E-state index contributed by atoms with van der Waals surface area (Å²) in [7, 11) is 1.83. The van der Waals surface area contributed by atoms with Crippen LogP contribution in [0.1, 0.15) is 46.5 Å². The first-order chi connectivity index (χ1) is 9.05. The Hall–Kier alpha value is -0.610. The molecule has 4 nitrogen and oxygen atoms in total. The highest BCUT2D eigenvalue weighted by Crippen LogP contribution is 2.27. The van der Waals surface area contributed by atoms with E-state index in [0.29, 0.717) is 6.61 Å². The lowest BCUT2D eigenvalue weighted by molar-refractivity contribution is -0.150. The Balaban J connectivity index is 2.42. The predicted octanol–water partition coefficient (Wildman–Crippen LogP) is 2.04. The largest absolute Gasteiger partial charge is 0.465 e. The van der Waals surface area contributed by atoms with Gasteiger partial charge in [-0.05, 0) is 52.6 Å². The fourth-order valence-corrected chi connectivity index (χ4v) is 2.42. The van der Waals surface area contributed by atoms with E-state index >= 15 is 0 Å². The van der Waals surface area contributed by atoms with Crippen LogP contribution in [-0.4, -0.2) is 49.7 Å². The van der Waals surface area contributed by atoms with Crippen LogP contribution in [-0.2, 0) is 9.53 Å². The van der Waals surface area contributed by atoms with E-state index in [2.05, 4.69) is 17.1 Å². The van der Waals surface area contributed by atoms with Gasteiger partial charge in [-0.25, -0.2) is 0 Å². The van der Waals surface area contributed by atoms with E-state index in [1.165, 1.54) is 25.8 Å². The van der Waals surface area contributed by atoms with Crippen molar-refractivity contribution in [1.29, 1.82) is 0 Å². The van der Waals surface area contributed by atoms with Crippen molar-refractivity contribution >= 4 is 5.97 Å². The molecule has 4 heteroatoms. The lowest BCUT2D eigenvalue weighted by atomic mass is 9.85. The molecule has 0 aliphatic heterocycles. The Bertz CT molecular complexity index is 279. The van der Waals surface area contributed by atoms with Gasteiger partial charge in [0.05, 0.1) is 6.61 Å². The summed E-state index contributed by atoms with van der Waals surface area (Å²) in [6.45, 7) is 9.60. The van der Waals surface area contributed by atoms with Crippen LogP contribution in [0.25, 0.3) is 0 Å². The van der Waals surface area contributed by atoms with Gasteiger partial charge in [-0.15, -0.1) is 0 Å². The first-order valence-corrected chi connectivity index (χ1v) is 7.64. The summed E-state index contributed by atoms with van der Waals surface area (Å²) in [5.41, 5.74) is -0.566. The number of likely N-dealkylation sites (N-methyl/N-ethyl adjacent to an activating group) is 1. The Kier molecular flexibility index (Phi) is 6.80.